The van der Waals surface area contributed by atoms with Gasteiger partial charge in [-0.1, -0.05) is 6.08 Å². The molecule has 1 heterocycles. The Balaban J connectivity index is 1.73. The molecule has 1 atom stereocenters. The van der Waals surface area contributed by atoms with Crippen LogP contribution in [0.4, 0.5) is 10.5 Å². The van der Waals surface area contributed by atoms with Crippen LogP contribution >= 0.6 is 0 Å². The lowest BCUT2D eigenvalue weighted by Crippen LogP contribution is -2.33. The number of aromatic amines is 1. The van der Waals surface area contributed by atoms with Gasteiger partial charge in [0.05, 0.1) is 6.61 Å². The number of nitrogens with zero attached hydrogens (tertiary/aromatic N) is 1. The Morgan fingerprint density at radius 1 is 1.48 bits per heavy atom. The van der Waals surface area contributed by atoms with Crippen molar-refractivity contribution in [3.63, 3.8) is 0 Å². The van der Waals surface area contributed by atoms with Crippen molar-refractivity contribution in [1.29, 1.82) is 0 Å². The van der Waals surface area contributed by atoms with E-state index < -0.39 is 6.09 Å². The lowest BCUT2D eigenvalue weighted by Gasteiger charge is -2.29. The van der Waals surface area contributed by atoms with Crippen LogP contribution in [-0.4, -0.2) is 42.2 Å². The molecule has 0 saturated heterocycles. The molecule has 2 aromatic rings. The normalized spacial score (nSPS) is 16.6. The lowest BCUT2D eigenvalue weighted by atomic mass is 9.86. The number of aryl methyl sites for hydroxylation is 1. The third kappa shape index (κ3) is 4.72. The van der Waals surface area contributed by atoms with Crippen LogP contribution in [0.15, 0.2) is 30.9 Å². The van der Waals surface area contributed by atoms with E-state index in [1.165, 1.54) is 23.1 Å². The highest BCUT2D eigenvalue weighted by Crippen LogP contribution is 2.33. The minimum atomic E-state index is -0.419. The molecule has 5 heteroatoms. The fraction of sp³-hybridized carbons (Fsp3) is 0.500. The third-order valence-corrected chi connectivity index (χ3v) is 5.52. The summed E-state index contributed by atoms with van der Waals surface area (Å²) in [7, 11) is 2.20. The lowest BCUT2D eigenvalue weighted by molar-refractivity contribution is 0.164. The Labute approximate surface area is 161 Å². The molecule has 1 aliphatic carbocycles. The number of rotatable bonds is 7. The van der Waals surface area contributed by atoms with Gasteiger partial charge in [-0.05, 0) is 76.3 Å². The maximum atomic E-state index is 11.9. The molecule has 0 aliphatic heterocycles. The number of hydrogen-bond acceptors (Lipinski definition) is 3. The van der Waals surface area contributed by atoms with Crippen LogP contribution in [0.5, 0.6) is 0 Å². The number of carbonyl (C=O) groups is 1. The van der Waals surface area contributed by atoms with E-state index in [-0.39, 0.29) is 0 Å². The van der Waals surface area contributed by atoms with Gasteiger partial charge in [-0.3, -0.25) is 5.32 Å². The first-order chi connectivity index (χ1) is 13.0. The number of H-pyrrole nitrogens is 1. The first-order valence-electron chi connectivity index (χ1n) is 9.86. The molecule has 0 saturated carbocycles. The summed E-state index contributed by atoms with van der Waals surface area (Å²) in [5.41, 5.74) is 4.67. The van der Waals surface area contributed by atoms with Crippen LogP contribution in [0.2, 0.25) is 0 Å². The zero-order chi connectivity index (χ0) is 19.4. The average molecular weight is 370 g/mol. The van der Waals surface area contributed by atoms with Gasteiger partial charge < -0.3 is 14.6 Å². The molecule has 2 N–H and O–H groups in total. The van der Waals surface area contributed by atoms with Crippen molar-refractivity contribution in [1.82, 2.24) is 9.88 Å². The predicted octanol–water partition coefficient (Wildman–Crippen LogP) is 4.74. The summed E-state index contributed by atoms with van der Waals surface area (Å²) in [6.07, 6.45) is 5.37. The van der Waals surface area contributed by atoms with Gasteiger partial charge in [0.15, 0.2) is 0 Å². The highest BCUT2D eigenvalue weighted by atomic mass is 16.5. The molecule has 0 radical (unpaired) electrons. The van der Waals surface area contributed by atoms with Crippen LogP contribution in [-0.2, 0) is 17.6 Å². The number of carbonyl (C=O) groups excluding carboxylic acids is 1. The quantitative estimate of drug-likeness (QED) is 0.547. The van der Waals surface area contributed by atoms with Crippen LogP contribution in [0, 0.1) is 5.92 Å². The van der Waals surface area contributed by atoms with Gasteiger partial charge in [0.2, 0.25) is 0 Å². The smallest absolute Gasteiger partial charge is 0.411 e. The largest absolute Gasteiger partial charge is 0.449 e. The minimum Gasteiger partial charge on any atom is -0.449 e. The molecular formula is C22H31N3O2. The van der Waals surface area contributed by atoms with E-state index in [0.717, 1.165) is 30.6 Å². The molecular weight excluding hydrogens is 338 g/mol. The fourth-order valence-corrected chi connectivity index (χ4v) is 3.73. The summed E-state index contributed by atoms with van der Waals surface area (Å²) in [6.45, 7) is 9.58. The Hall–Kier alpha value is -2.27. The van der Waals surface area contributed by atoms with E-state index >= 15 is 0 Å². The molecule has 1 unspecified atom stereocenters. The van der Waals surface area contributed by atoms with Gasteiger partial charge in [0.25, 0.3) is 0 Å². The molecule has 1 aliphatic rings. The summed E-state index contributed by atoms with van der Waals surface area (Å²) in [5, 5.41) is 4.04. The second-order valence-electron chi connectivity index (χ2n) is 7.82. The summed E-state index contributed by atoms with van der Waals surface area (Å²) >= 11 is 0. The van der Waals surface area contributed by atoms with Crippen LogP contribution in [0.25, 0.3) is 10.9 Å². The molecule has 27 heavy (non-hydrogen) atoms. The van der Waals surface area contributed by atoms with Gasteiger partial charge in [-0.2, -0.15) is 0 Å². The summed E-state index contributed by atoms with van der Waals surface area (Å²) in [5.74, 6) is 0.671. The van der Waals surface area contributed by atoms with Crippen LogP contribution in [0.1, 0.15) is 37.9 Å². The number of benzene rings is 1. The van der Waals surface area contributed by atoms with E-state index in [9.17, 15) is 4.79 Å². The van der Waals surface area contributed by atoms with Crippen molar-refractivity contribution in [2.45, 2.75) is 45.6 Å². The van der Waals surface area contributed by atoms with Crippen molar-refractivity contribution < 1.29 is 9.53 Å². The molecule has 1 aromatic heterocycles. The Morgan fingerprint density at radius 2 is 2.30 bits per heavy atom. The maximum absolute atomic E-state index is 11.9. The molecule has 5 nitrogen and oxygen atoms in total. The van der Waals surface area contributed by atoms with Crippen molar-refractivity contribution >= 4 is 22.7 Å². The van der Waals surface area contributed by atoms with E-state index in [1.807, 2.05) is 12.1 Å². The molecule has 0 spiro atoms. The number of anilines is 1. The Morgan fingerprint density at radius 3 is 3.04 bits per heavy atom. The number of hydrogen-bond donors (Lipinski definition) is 2. The first kappa shape index (κ1) is 19.5. The zero-order valence-electron chi connectivity index (χ0n) is 16.7. The monoisotopic (exact) mass is 369 g/mol. The molecule has 146 valence electrons. The highest BCUT2D eigenvalue weighted by Gasteiger charge is 2.24. The summed E-state index contributed by atoms with van der Waals surface area (Å²) < 4.78 is 5.14. The minimum absolute atomic E-state index is 0.349. The number of fused-ring (bicyclic) bond motifs is 3. The number of amides is 1. The van der Waals surface area contributed by atoms with E-state index in [0.29, 0.717) is 25.0 Å². The second-order valence-corrected chi connectivity index (χ2v) is 7.82. The van der Waals surface area contributed by atoms with Crippen LogP contribution in [0.3, 0.4) is 0 Å². The third-order valence-electron chi connectivity index (χ3n) is 5.52. The molecule has 3 rings (SSSR count). The standard InChI is InChI=1S/C22H31N3O2/c1-5-6-11-27-22(26)23-17-8-10-21-19(13-17)18-12-16(7-9-20(18)24-21)14-25(4)15(2)3/h5,8,10,13,15-16,24H,1,6-7,9,11-12,14H2,2-4H3,(H,23,26). The van der Waals surface area contributed by atoms with Gasteiger partial charge in [0, 0.05) is 34.9 Å². The Bertz CT molecular complexity index is 809. The van der Waals surface area contributed by atoms with Gasteiger partial charge in [0.1, 0.15) is 0 Å². The second kappa shape index (κ2) is 8.61. The van der Waals surface area contributed by atoms with E-state index in [1.54, 1.807) is 6.08 Å². The first-order valence-corrected chi connectivity index (χ1v) is 9.86. The highest BCUT2D eigenvalue weighted by molar-refractivity contribution is 5.92. The summed E-state index contributed by atoms with van der Waals surface area (Å²) in [4.78, 5) is 17.9. The van der Waals surface area contributed by atoms with Crippen molar-refractivity contribution in [3.8, 4) is 0 Å². The van der Waals surface area contributed by atoms with Gasteiger partial charge in [-0.25, -0.2) is 4.79 Å². The topological polar surface area (TPSA) is 57.4 Å². The molecule has 0 fully saturated rings. The Kier molecular flexibility index (Phi) is 6.22. The van der Waals surface area contributed by atoms with Crippen LogP contribution < -0.4 is 5.32 Å². The maximum Gasteiger partial charge on any atom is 0.411 e. The fourth-order valence-electron chi connectivity index (χ4n) is 3.73. The SMILES string of the molecule is C=CCCOC(=O)Nc1ccc2[nH]c3c(c2c1)CC(CN(C)C(C)C)CC3. The van der Waals surface area contributed by atoms with Crippen molar-refractivity contribution in [2.24, 2.45) is 5.92 Å². The predicted molar refractivity (Wildman–Crippen MR) is 111 cm³/mol. The van der Waals surface area contributed by atoms with Gasteiger partial charge in [-0.15, -0.1) is 6.58 Å². The molecule has 0 bridgehead atoms. The average Bonchev–Trinajstić information content (AvgIpc) is 2.99. The van der Waals surface area contributed by atoms with Gasteiger partial charge >= 0.3 is 6.09 Å². The number of aromatic nitrogens is 1. The molecule has 1 aromatic carbocycles. The van der Waals surface area contributed by atoms with Crippen molar-refractivity contribution in [2.75, 3.05) is 25.5 Å². The number of ether oxygens (including phenoxy) is 1. The summed E-state index contributed by atoms with van der Waals surface area (Å²) in [6, 6.07) is 6.59. The number of nitrogens with one attached hydrogen (secondary N) is 2. The van der Waals surface area contributed by atoms with E-state index in [2.05, 4.69) is 48.7 Å². The molecule has 1 amide bonds. The zero-order valence-corrected chi connectivity index (χ0v) is 16.7. The van der Waals surface area contributed by atoms with E-state index in [4.69, 9.17) is 4.74 Å². The van der Waals surface area contributed by atoms with Crippen molar-refractivity contribution in [3.05, 3.63) is 42.1 Å².